The molecule has 0 aliphatic carbocycles. The van der Waals surface area contributed by atoms with E-state index in [0.29, 0.717) is 26.5 Å². The number of hydrogen-bond acceptors (Lipinski definition) is 4. The zero-order valence-electron chi connectivity index (χ0n) is 20.1. The van der Waals surface area contributed by atoms with Crippen LogP contribution < -0.4 is 10.1 Å². The van der Waals surface area contributed by atoms with Gasteiger partial charge in [-0.2, -0.15) is 0 Å². The zero-order chi connectivity index (χ0) is 25.2. The minimum Gasteiger partial charge on any atom is -0.494 e. The topological polar surface area (TPSA) is 55.6 Å². The molecular formula is C29H24ClN3O2S. The van der Waals surface area contributed by atoms with Gasteiger partial charge in [0.2, 0.25) is 0 Å². The van der Waals surface area contributed by atoms with Crippen molar-refractivity contribution >= 4 is 46.2 Å². The number of carbonyl (C=O) groups excluding carboxylic acids is 1. The predicted molar refractivity (Wildman–Crippen MR) is 149 cm³/mol. The molecule has 0 saturated carbocycles. The lowest BCUT2D eigenvalue weighted by Gasteiger charge is -2.11. The molecule has 7 heteroatoms. The van der Waals surface area contributed by atoms with Gasteiger partial charge in [-0.1, -0.05) is 54.1 Å². The maximum Gasteiger partial charge on any atom is 0.264 e. The van der Waals surface area contributed by atoms with Gasteiger partial charge in [0.1, 0.15) is 11.4 Å². The van der Waals surface area contributed by atoms with E-state index in [1.54, 1.807) is 25.3 Å². The molecule has 1 aliphatic heterocycles. The molecule has 36 heavy (non-hydrogen) atoms. The number of thioether (sulfide) groups is 1. The Hall–Kier alpha value is -3.74. The van der Waals surface area contributed by atoms with Crippen LogP contribution in [0.1, 0.15) is 17.0 Å². The molecule has 2 heterocycles. The third-order valence-corrected chi connectivity index (χ3v) is 7.15. The van der Waals surface area contributed by atoms with Gasteiger partial charge in [-0.05, 0) is 84.8 Å². The Morgan fingerprint density at radius 2 is 1.69 bits per heavy atom. The lowest BCUT2D eigenvalue weighted by molar-refractivity contribution is -0.115. The average molecular weight is 514 g/mol. The third kappa shape index (κ3) is 4.83. The van der Waals surface area contributed by atoms with Crippen molar-refractivity contribution in [2.24, 2.45) is 4.99 Å². The second kappa shape index (κ2) is 10.1. The summed E-state index contributed by atoms with van der Waals surface area (Å²) in [6, 6.07) is 26.1. The van der Waals surface area contributed by atoms with Crippen molar-refractivity contribution in [3.63, 3.8) is 0 Å². The second-order valence-electron chi connectivity index (χ2n) is 8.37. The maximum absolute atomic E-state index is 12.7. The molecule has 0 spiro atoms. The Morgan fingerprint density at radius 1 is 0.972 bits per heavy atom. The van der Waals surface area contributed by atoms with Crippen molar-refractivity contribution < 1.29 is 9.53 Å². The Morgan fingerprint density at radius 3 is 2.42 bits per heavy atom. The SMILES string of the molecule is COc1ccc(Cl)cc1N=C1NC(=O)/C(=C/c2cc(C)n(-c3ccc(-c4ccccc4)cc3)c2C)S1. The molecule has 3 aromatic carbocycles. The molecule has 0 unspecified atom stereocenters. The number of ether oxygens (including phenoxy) is 1. The Kier molecular flexibility index (Phi) is 6.72. The lowest BCUT2D eigenvalue weighted by Crippen LogP contribution is -2.19. The summed E-state index contributed by atoms with van der Waals surface area (Å²) in [6.07, 6.45) is 1.91. The lowest BCUT2D eigenvalue weighted by atomic mass is 10.1. The number of nitrogens with zero attached hydrogens (tertiary/aromatic N) is 2. The summed E-state index contributed by atoms with van der Waals surface area (Å²) in [5, 5.41) is 3.87. The second-order valence-corrected chi connectivity index (χ2v) is 9.84. The molecule has 1 fully saturated rings. The normalized spacial score (nSPS) is 15.5. The van der Waals surface area contributed by atoms with Gasteiger partial charge in [-0.3, -0.25) is 4.79 Å². The van der Waals surface area contributed by atoms with E-state index in [9.17, 15) is 4.79 Å². The number of aliphatic imine (C=N–C) groups is 1. The number of halogens is 1. The number of hydrogen-bond donors (Lipinski definition) is 1. The fraction of sp³-hybridized carbons (Fsp3) is 0.103. The molecule has 1 amide bonds. The van der Waals surface area contributed by atoms with Crippen molar-refractivity contribution in [1.29, 1.82) is 0 Å². The quantitative estimate of drug-likeness (QED) is 0.284. The molecule has 0 bridgehead atoms. The van der Waals surface area contributed by atoms with E-state index >= 15 is 0 Å². The van der Waals surface area contributed by atoms with Crippen LogP contribution in [0, 0.1) is 13.8 Å². The largest absolute Gasteiger partial charge is 0.494 e. The summed E-state index contributed by atoms with van der Waals surface area (Å²) in [6.45, 7) is 4.13. The number of benzene rings is 3. The Labute approximate surface area is 219 Å². The molecule has 5 nitrogen and oxygen atoms in total. The smallest absolute Gasteiger partial charge is 0.264 e. The zero-order valence-corrected chi connectivity index (χ0v) is 21.7. The highest BCUT2D eigenvalue weighted by atomic mass is 35.5. The number of amidine groups is 1. The van der Waals surface area contributed by atoms with Crippen LogP contribution in [0.5, 0.6) is 5.75 Å². The first-order chi connectivity index (χ1) is 17.4. The van der Waals surface area contributed by atoms with Crippen molar-refractivity contribution in [2.45, 2.75) is 13.8 Å². The van der Waals surface area contributed by atoms with Crippen molar-refractivity contribution in [2.75, 3.05) is 7.11 Å². The number of carbonyl (C=O) groups is 1. The summed E-state index contributed by atoms with van der Waals surface area (Å²) in [5.41, 5.74) is 7.13. The fourth-order valence-electron chi connectivity index (χ4n) is 4.25. The minimum absolute atomic E-state index is 0.184. The molecule has 180 valence electrons. The van der Waals surface area contributed by atoms with Crippen LogP contribution in [0.25, 0.3) is 22.9 Å². The number of amides is 1. The van der Waals surface area contributed by atoms with Gasteiger partial charge in [0.25, 0.3) is 5.91 Å². The van der Waals surface area contributed by atoms with E-state index in [0.717, 1.165) is 22.6 Å². The maximum atomic E-state index is 12.7. The van der Waals surface area contributed by atoms with Crippen LogP contribution in [-0.2, 0) is 4.79 Å². The van der Waals surface area contributed by atoms with Crippen molar-refractivity contribution in [3.8, 4) is 22.6 Å². The molecule has 0 atom stereocenters. The summed E-state index contributed by atoms with van der Waals surface area (Å²) in [7, 11) is 1.57. The van der Waals surface area contributed by atoms with Gasteiger partial charge in [0.15, 0.2) is 5.17 Å². The highest BCUT2D eigenvalue weighted by molar-refractivity contribution is 8.18. The molecule has 1 aromatic heterocycles. The van der Waals surface area contributed by atoms with Crippen LogP contribution in [0.4, 0.5) is 5.69 Å². The summed E-state index contributed by atoms with van der Waals surface area (Å²) in [5.74, 6) is 0.401. The van der Waals surface area contributed by atoms with Gasteiger partial charge >= 0.3 is 0 Å². The van der Waals surface area contributed by atoms with E-state index in [2.05, 4.69) is 71.2 Å². The van der Waals surface area contributed by atoms with Crippen molar-refractivity contribution in [3.05, 3.63) is 106 Å². The van der Waals surface area contributed by atoms with Gasteiger partial charge < -0.3 is 14.6 Å². The monoisotopic (exact) mass is 513 g/mol. The van der Waals surface area contributed by atoms with Gasteiger partial charge in [-0.25, -0.2) is 4.99 Å². The van der Waals surface area contributed by atoms with Gasteiger partial charge in [-0.15, -0.1) is 0 Å². The number of aryl methyl sites for hydroxylation is 1. The Bertz CT molecular complexity index is 1510. The molecule has 0 radical (unpaired) electrons. The first kappa shape index (κ1) is 24.0. The minimum atomic E-state index is -0.184. The summed E-state index contributed by atoms with van der Waals surface area (Å²) >= 11 is 7.41. The molecule has 4 aromatic rings. The predicted octanol–water partition coefficient (Wildman–Crippen LogP) is 7.31. The van der Waals surface area contributed by atoms with Crippen LogP contribution in [0.2, 0.25) is 5.02 Å². The number of nitrogens with one attached hydrogen (secondary N) is 1. The van der Waals surface area contributed by atoms with Gasteiger partial charge in [0.05, 0.1) is 12.0 Å². The molecule has 1 aliphatic rings. The van der Waals surface area contributed by atoms with Crippen LogP contribution in [0.3, 0.4) is 0 Å². The van der Waals surface area contributed by atoms with E-state index in [4.69, 9.17) is 16.3 Å². The van der Waals surface area contributed by atoms with Crippen molar-refractivity contribution in [1.82, 2.24) is 9.88 Å². The molecular weight excluding hydrogens is 490 g/mol. The summed E-state index contributed by atoms with van der Waals surface area (Å²) < 4.78 is 7.56. The summed E-state index contributed by atoms with van der Waals surface area (Å²) in [4.78, 5) is 17.8. The highest BCUT2D eigenvalue weighted by Crippen LogP contribution is 2.35. The molecule has 1 N–H and O–H groups in total. The van der Waals surface area contributed by atoms with E-state index < -0.39 is 0 Å². The van der Waals surface area contributed by atoms with Crippen LogP contribution in [0.15, 0.2) is 88.8 Å². The highest BCUT2D eigenvalue weighted by Gasteiger charge is 2.25. The molecule has 5 rings (SSSR count). The van der Waals surface area contributed by atoms with E-state index in [-0.39, 0.29) is 5.91 Å². The first-order valence-electron chi connectivity index (χ1n) is 11.4. The standard InChI is InChI=1S/C29H24ClN3O2S/c1-18-15-22(19(2)33(18)24-12-9-21(10-13-24)20-7-5-4-6-8-20)16-27-28(34)32-29(36-27)31-25-17-23(30)11-14-26(25)35-3/h4-17H,1-3H3,(H,31,32,34)/b27-16-. The fourth-order valence-corrected chi connectivity index (χ4v) is 5.24. The average Bonchev–Trinajstić information content (AvgIpc) is 3.37. The number of rotatable bonds is 5. The van der Waals surface area contributed by atoms with Crippen LogP contribution in [-0.4, -0.2) is 22.8 Å². The van der Waals surface area contributed by atoms with Crippen LogP contribution >= 0.6 is 23.4 Å². The first-order valence-corrected chi connectivity index (χ1v) is 12.6. The van der Waals surface area contributed by atoms with E-state index in [1.807, 2.05) is 24.3 Å². The van der Waals surface area contributed by atoms with E-state index in [1.165, 1.54) is 22.9 Å². The number of methoxy groups -OCH3 is 1. The third-order valence-electron chi connectivity index (χ3n) is 6.00. The van der Waals surface area contributed by atoms with Gasteiger partial charge in [0, 0.05) is 22.1 Å². The Balaban J connectivity index is 1.42. The molecule has 1 saturated heterocycles. The number of aromatic nitrogens is 1.